The molecule has 1 heterocycles. The molecule has 1 saturated carbocycles. The van der Waals surface area contributed by atoms with Gasteiger partial charge in [-0.05, 0) is 30.6 Å². The largest absolute Gasteiger partial charge is 0.396 e. The SMILES string of the molecule is OCCC(C1CCC1)C1CCOC1. The summed E-state index contributed by atoms with van der Waals surface area (Å²) in [6.07, 6.45) is 6.41. The zero-order valence-electron chi connectivity index (χ0n) is 8.24. The highest BCUT2D eigenvalue weighted by molar-refractivity contribution is 4.84. The van der Waals surface area contributed by atoms with Crippen molar-refractivity contribution in [3.63, 3.8) is 0 Å². The fourth-order valence-corrected chi connectivity index (χ4v) is 2.76. The van der Waals surface area contributed by atoms with Crippen molar-refractivity contribution in [2.45, 2.75) is 32.1 Å². The van der Waals surface area contributed by atoms with Crippen LogP contribution in [-0.2, 0) is 4.74 Å². The zero-order chi connectivity index (χ0) is 9.10. The lowest BCUT2D eigenvalue weighted by atomic mass is 9.69. The summed E-state index contributed by atoms with van der Waals surface area (Å²) in [5, 5.41) is 9.02. The van der Waals surface area contributed by atoms with E-state index in [0.717, 1.165) is 37.4 Å². The molecule has 2 atom stereocenters. The van der Waals surface area contributed by atoms with E-state index in [1.807, 2.05) is 0 Å². The molecule has 1 N–H and O–H groups in total. The van der Waals surface area contributed by atoms with Crippen LogP contribution < -0.4 is 0 Å². The summed E-state index contributed by atoms with van der Waals surface area (Å²) in [7, 11) is 0. The molecule has 2 rings (SSSR count). The first-order chi connectivity index (χ1) is 6.42. The normalized spacial score (nSPS) is 31.6. The maximum atomic E-state index is 9.02. The topological polar surface area (TPSA) is 29.5 Å². The molecule has 0 aromatic rings. The van der Waals surface area contributed by atoms with Crippen LogP contribution >= 0.6 is 0 Å². The van der Waals surface area contributed by atoms with Crippen molar-refractivity contribution in [1.82, 2.24) is 0 Å². The monoisotopic (exact) mass is 184 g/mol. The third kappa shape index (κ3) is 2.05. The first kappa shape index (κ1) is 9.47. The van der Waals surface area contributed by atoms with E-state index < -0.39 is 0 Å². The molecule has 1 aliphatic heterocycles. The summed E-state index contributed by atoms with van der Waals surface area (Å²) in [6.45, 7) is 2.25. The van der Waals surface area contributed by atoms with Crippen LogP contribution in [0.1, 0.15) is 32.1 Å². The number of aliphatic hydroxyl groups is 1. The molecule has 0 aromatic heterocycles. The average molecular weight is 184 g/mol. The molecule has 0 bridgehead atoms. The first-order valence-corrected chi connectivity index (χ1v) is 5.60. The van der Waals surface area contributed by atoms with Crippen LogP contribution in [0.3, 0.4) is 0 Å². The lowest BCUT2D eigenvalue weighted by Gasteiger charge is -2.36. The van der Waals surface area contributed by atoms with Crippen molar-refractivity contribution >= 4 is 0 Å². The van der Waals surface area contributed by atoms with E-state index in [4.69, 9.17) is 9.84 Å². The number of rotatable bonds is 4. The Bertz CT molecular complexity index is 148. The minimum Gasteiger partial charge on any atom is -0.396 e. The highest BCUT2D eigenvalue weighted by Gasteiger charge is 2.34. The molecule has 2 unspecified atom stereocenters. The quantitative estimate of drug-likeness (QED) is 0.722. The van der Waals surface area contributed by atoms with Gasteiger partial charge in [-0.25, -0.2) is 0 Å². The van der Waals surface area contributed by atoms with Crippen LogP contribution in [0.2, 0.25) is 0 Å². The van der Waals surface area contributed by atoms with Gasteiger partial charge in [-0.1, -0.05) is 19.3 Å². The second kappa shape index (κ2) is 4.43. The van der Waals surface area contributed by atoms with E-state index in [9.17, 15) is 0 Å². The molecule has 2 fully saturated rings. The molecule has 1 saturated heterocycles. The molecule has 2 aliphatic rings. The minimum absolute atomic E-state index is 0.359. The Kier molecular flexibility index (Phi) is 3.23. The lowest BCUT2D eigenvalue weighted by Crippen LogP contribution is -2.29. The zero-order valence-corrected chi connectivity index (χ0v) is 8.24. The predicted molar refractivity (Wildman–Crippen MR) is 51.5 cm³/mol. The molecule has 0 amide bonds. The van der Waals surface area contributed by atoms with Crippen LogP contribution in [0.5, 0.6) is 0 Å². The maximum Gasteiger partial charge on any atom is 0.0497 e. The summed E-state index contributed by atoms with van der Waals surface area (Å²) < 4.78 is 5.42. The van der Waals surface area contributed by atoms with E-state index in [1.165, 1.54) is 25.7 Å². The Morgan fingerprint density at radius 2 is 2.08 bits per heavy atom. The van der Waals surface area contributed by atoms with Gasteiger partial charge in [0.15, 0.2) is 0 Å². The van der Waals surface area contributed by atoms with E-state index in [-0.39, 0.29) is 0 Å². The minimum atomic E-state index is 0.359. The molecule has 76 valence electrons. The molecular weight excluding hydrogens is 164 g/mol. The number of hydrogen-bond acceptors (Lipinski definition) is 2. The van der Waals surface area contributed by atoms with Gasteiger partial charge in [0.25, 0.3) is 0 Å². The van der Waals surface area contributed by atoms with Crippen molar-refractivity contribution in [2.75, 3.05) is 19.8 Å². The average Bonchev–Trinajstić information content (AvgIpc) is 2.51. The van der Waals surface area contributed by atoms with Crippen LogP contribution in [0.15, 0.2) is 0 Å². The lowest BCUT2D eigenvalue weighted by molar-refractivity contribution is 0.0947. The summed E-state index contributed by atoms with van der Waals surface area (Å²) in [5.41, 5.74) is 0. The van der Waals surface area contributed by atoms with Gasteiger partial charge in [0.2, 0.25) is 0 Å². The van der Waals surface area contributed by atoms with Crippen molar-refractivity contribution < 1.29 is 9.84 Å². The summed E-state index contributed by atoms with van der Waals surface area (Å²) in [6, 6.07) is 0. The molecule has 2 heteroatoms. The predicted octanol–water partition coefficient (Wildman–Crippen LogP) is 1.82. The van der Waals surface area contributed by atoms with Gasteiger partial charge in [0, 0.05) is 19.8 Å². The molecular formula is C11H20O2. The number of aliphatic hydroxyl groups excluding tert-OH is 1. The third-order valence-corrected chi connectivity index (χ3v) is 3.79. The Morgan fingerprint density at radius 1 is 1.23 bits per heavy atom. The third-order valence-electron chi connectivity index (χ3n) is 3.79. The Balaban J connectivity index is 1.86. The Morgan fingerprint density at radius 3 is 2.54 bits per heavy atom. The summed E-state index contributed by atoms with van der Waals surface area (Å²) >= 11 is 0. The second-order valence-corrected chi connectivity index (χ2v) is 4.49. The molecule has 1 aliphatic carbocycles. The van der Waals surface area contributed by atoms with Crippen LogP contribution in [0.25, 0.3) is 0 Å². The van der Waals surface area contributed by atoms with E-state index >= 15 is 0 Å². The highest BCUT2D eigenvalue weighted by Crippen LogP contribution is 2.41. The van der Waals surface area contributed by atoms with Crippen LogP contribution in [0, 0.1) is 17.8 Å². The Labute approximate surface area is 80.3 Å². The van der Waals surface area contributed by atoms with E-state index in [1.54, 1.807) is 0 Å². The van der Waals surface area contributed by atoms with E-state index in [0.29, 0.717) is 6.61 Å². The summed E-state index contributed by atoms with van der Waals surface area (Å²) in [5.74, 6) is 2.40. The van der Waals surface area contributed by atoms with Crippen molar-refractivity contribution in [3.05, 3.63) is 0 Å². The van der Waals surface area contributed by atoms with Crippen molar-refractivity contribution in [2.24, 2.45) is 17.8 Å². The van der Waals surface area contributed by atoms with Gasteiger partial charge >= 0.3 is 0 Å². The van der Waals surface area contributed by atoms with Crippen molar-refractivity contribution in [3.8, 4) is 0 Å². The smallest absolute Gasteiger partial charge is 0.0497 e. The van der Waals surface area contributed by atoms with Gasteiger partial charge in [-0.2, -0.15) is 0 Å². The standard InChI is InChI=1S/C11H20O2/c12-6-4-11(9-2-1-3-9)10-5-7-13-8-10/h9-12H,1-8H2. The molecule has 2 nitrogen and oxygen atoms in total. The van der Waals surface area contributed by atoms with Crippen LogP contribution in [-0.4, -0.2) is 24.9 Å². The van der Waals surface area contributed by atoms with Gasteiger partial charge < -0.3 is 9.84 Å². The molecule has 0 radical (unpaired) electrons. The maximum absolute atomic E-state index is 9.02. The highest BCUT2D eigenvalue weighted by atomic mass is 16.5. The van der Waals surface area contributed by atoms with Gasteiger partial charge in [0.05, 0.1) is 0 Å². The second-order valence-electron chi connectivity index (χ2n) is 4.49. The fourth-order valence-electron chi connectivity index (χ4n) is 2.76. The molecule has 0 spiro atoms. The Hall–Kier alpha value is -0.0800. The van der Waals surface area contributed by atoms with Gasteiger partial charge in [-0.3, -0.25) is 0 Å². The molecule has 13 heavy (non-hydrogen) atoms. The van der Waals surface area contributed by atoms with Crippen molar-refractivity contribution in [1.29, 1.82) is 0 Å². The summed E-state index contributed by atoms with van der Waals surface area (Å²) in [4.78, 5) is 0. The van der Waals surface area contributed by atoms with Gasteiger partial charge in [0.1, 0.15) is 0 Å². The first-order valence-electron chi connectivity index (χ1n) is 5.60. The number of ether oxygens (including phenoxy) is 1. The van der Waals surface area contributed by atoms with Crippen LogP contribution in [0.4, 0.5) is 0 Å². The van der Waals surface area contributed by atoms with E-state index in [2.05, 4.69) is 0 Å². The van der Waals surface area contributed by atoms with Gasteiger partial charge in [-0.15, -0.1) is 0 Å². The molecule has 0 aromatic carbocycles. The fraction of sp³-hybridized carbons (Fsp3) is 1.00. The number of hydrogen-bond donors (Lipinski definition) is 1.